The normalized spacial score (nSPS) is 10.5. The first-order valence-electron chi connectivity index (χ1n) is 9.09. The van der Waals surface area contributed by atoms with E-state index in [1.54, 1.807) is 0 Å². The van der Waals surface area contributed by atoms with Gasteiger partial charge in [0.2, 0.25) is 0 Å². The Balaban J connectivity index is 1.79. The van der Waals surface area contributed by atoms with E-state index < -0.39 is 0 Å². The van der Waals surface area contributed by atoms with Crippen LogP contribution >= 0.6 is 12.2 Å². The van der Waals surface area contributed by atoms with Gasteiger partial charge in [0.25, 0.3) is 0 Å². The van der Waals surface area contributed by atoms with Gasteiger partial charge < -0.3 is 10.2 Å². The molecule has 27 heavy (non-hydrogen) atoms. The van der Waals surface area contributed by atoms with Gasteiger partial charge in [0.1, 0.15) is 0 Å². The quantitative estimate of drug-likeness (QED) is 0.604. The topological polar surface area (TPSA) is 28.2 Å². The lowest BCUT2D eigenvalue weighted by molar-refractivity contribution is 0.412. The fraction of sp³-hybridized carbons (Fsp3) is 0.217. The van der Waals surface area contributed by atoms with Crippen LogP contribution < -0.4 is 5.32 Å². The minimum Gasteiger partial charge on any atom is -0.340 e. The van der Waals surface area contributed by atoms with Crippen molar-refractivity contribution in [2.75, 3.05) is 5.32 Å². The second-order valence-electron chi connectivity index (χ2n) is 6.93. The highest BCUT2D eigenvalue weighted by Gasteiger charge is 2.12. The minimum absolute atomic E-state index is 0.718. The molecule has 0 aliphatic carbocycles. The number of nitrogens with zero attached hydrogens (tertiary/aromatic N) is 2. The summed E-state index contributed by atoms with van der Waals surface area (Å²) in [6.45, 7) is 7.81. The Morgan fingerprint density at radius 2 is 1.48 bits per heavy atom. The molecule has 0 radical (unpaired) electrons. The van der Waals surface area contributed by atoms with E-state index in [4.69, 9.17) is 12.2 Å². The highest BCUT2D eigenvalue weighted by atomic mass is 32.1. The maximum atomic E-state index is 5.76. The molecule has 1 aromatic heterocycles. The first-order chi connectivity index (χ1) is 13.0. The molecule has 0 aliphatic rings. The van der Waals surface area contributed by atoms with Gasteiger partial charge in [-0.1, -0.05) is 35.9 Å². The summed E-state index contributed by atoms with van der Waals surface area (Å²) >= 11 is 5.76. The number of thiocarbonyl (C=S) groups is 1. The summed E-state index contributed by atoms with van der Waals surface area (Å²) in [6.07, 6.45) is 3.64. The Labute approximate surface area is 167 Å². The molecular formula is C23H25N3S. The third-order valence-corrected chi connectivity index (χ3v) is 5.02. The van der Waals surface area contributed by atoms with Crippen LogP contribution in [0.1, 0.15) is 27.8 Å². The molecule has 0 fully saturated rings. The van der Waals surface area contributed by atoms with Gasteiger partial charge in [0.05, 0.1) is 0 Å². The molecule has 138 valence electrons. The van der Waals surface area contributed by atoms with Gasteiger partial charge in [-0.3, -0.25) is 4.98 Å². The summed E-state index contributed by atoms with van der Waals surface area (Å²) in [5, 5.41) is 4.12. The highest BCUT2D eigenvalue weighted by Crippen LogP contribution is 2.17. The summed E-state index contributed by atoms with van der Waals surface area (Å²) in [5.74, 6) is 0. The zero-order valence-corrected chi connectivity index (χ0v) is 16.9. The first kappa shape index (κ1) is 19.1. The van der Waals surface area contributed by atoms with E-state index in [2.05, 4.69) is 78.4 Å². The summed E-state index contributed by atoms with van der Waals surface area (Å²) in [6, 6.07) is 19.0. The van der Waals surface area contributed by atoms with Gasteiger partial charge in [-0.25, -0.2) is 0 Å². The zero-order valence-electron chi connectivity index (χ0n) is 16.1. The Kier molecular flexibility index (Phi) is 6.20. The highest BCUT2D eigenvalue weighted by molar-refractivity contribution is 7.80. The maximum Gasteiger partial charge on any atom is 0.174 e. The Morgan fingerprint density at radius 3 is 2.11 bits per heavy atom. The monoisotopic (exact) mass is 375 g/mol. The van der Waals surface area contributed by atoms with Crippen molar-refractivity contribution in [2.24, 2.45) is 0 Å². The van der Waals surface area contributed by atoms with E-state index in [1.807, 2.05) is 24.5 Å². The summed E-state index contributed by atoms with van der Waals surface area (Å²) in [4.78, 5) is 6.29. The molecule has 4 heteroatoms. The molecule has 1 N–H and O–H groups in total. The van der Waals surface area contributed by atoms with Gasteiger partial charge >= 0.3 is 0 Å². The van der Waals surface area contributed by atoms with Crippen LogP contribution in [0.15, 0.2) is 67.0 Å². The van der Waals surface area contributed by atoms with Gasteiger partial charge in [0, 0.05) is 31.2 Å². The van der Waals surface area contributed by atoms with E-state index in [1.165, 1.54) is 27.8 Å². The predicted octanol–water partition coefficient (Wildman–Crippen LogP) is 5.41. The molecule has 0 bridgehead atoms. The van der Waals surface area contributed by atoms with E-state index in [0.717, 1.165) is 23.9 Å². The van der Waals surface area contributed by atoms with Gasteiger partial charge in [0.15, 0.2) is 5.11 Å². The van der Waals surface area contributed by atoms with Crippen molar-refractivity contribution in [3.63, 3.8) is 0 Å². The third-order valence-electron chi connectivity index (χ3n) is 4.66. The fourth-order valence-corrected chi connectivity index (χ4v) is 3.09. The van der Waals surface area contributed by atoms with Crippen molar-refractivity contribution in [3.05, 3.63) is 94.8 Å². The van der Waals surface area contributed by atoms with Crippen LogP contribution in [0.2, 0.25) is 0 Å². The lowest BCUT2D eigenvalue weighted by Crippen LogP contribution is -2.33. The van der Waals surface area contributed by atoms with Crippen molar-refractivity contribution < 1.29 is 0 Å². The number of anilines is 1. The fourth-order valence-electron chi connectivity index (χ4n) is 2.84. The zero-order chi connectivity index (χ0) is 19.2. The molecule has 3 rings (SSSR count). The van der Waals surface area contributed by atoms with Crippen LogP contribution in [-0.4, -0.2) is 15.0 Å². The van der Waals surface area contributed by atoms with Crippen LogP contribution in [0.4, 0.5) is 5.69 Å². The largest absolute Gasteiger partial charge is 0.340 e. The number of aromatic nitrogens is 1. The molecule has 1 heterocycles. The van der Waals surface area contributed by atoms with Crippen LogP contribution in [0.3, 0.4) is 0 Å². The molecule has 0 amide bonds. The molecule has 3 nitrogen and oxygen atoms in total. The first-order valence-corrected chi connectivity index (χ1v) is 9.50. The van der Waals surface area contributed by atoms with Crippen LogP contribution in [0.25, 0.3) is 0 Å². The SMILES string of the molecule is Cc1ccc(CN(Cc2ccncc2)C(=S)Nc2ccc(C)c(C)c2)cc1. The summed E-state index contributed by atoms with van der Waals surface area (Å²) in [7, 11) is 0. The van der Waals surface area contributed by atoms with E-state index in [0.29, 0.717) is 0 Å². The molecule has 0 spiro atoms. The van der Waals surface area contributed by atoms with Crippen LogP contribution in [-0.2, 0) is 13.1 Å². The lowest BCUT2D eigenvalue weighted by Gasteiger charge is -2.26. The molecule has 0 saturated heterocycles. The number of aryl methyl sites for hydroxylation is 3. The molecule has 0 aliphatic heterocycles. The Morgan fingerprint density at radius 1 is 0.852 bits per heavy atom. The number of pyridine rings is 1. The van der Waals surface area contributed by atoms with Crippen molar-refractivity contribution in [1.29, 1.82) is 0 Å². The number of hydrogen-bond donors (Lipinski definition) is 1. The van der Waals surface area contributed by atoms with Crippen molar-refractivity contribution >= 4 is 23.0 Å². The van der Waals surface area contributed by atoms with Crippen LogP contribution in [0.5, 0.6) is 0 Å². The van der Waals surface area contributed by atoms with E-state index in [-0.39, 0.29) is 0 Å². The molecule has 0 unspecified atom stereocenters. The number of benzene rings is 2. The van der Waals surface area contributed by atoms with Crippen molar-refractivity contribution in [3.8, 4) is 0 Å². The third kappa shape index (κ3) is 5.38. The van der Waals surface area contributed by atoms with E-state index >= 15 is 0 Å². The second kappa shape index (κ2) is 8.78. The maximum absolute atomic E-state index is 5.76. The Bertz CT molecular complexity index is 905. The van der Waals surface area contributed by atoms with Gasteiger partial charge in [-0.05, 0) is 79.5 Å². The standard InChI is InChI=1S/C23H25N3S/c1-17-4-7-20(8-5-17)15-26(16-21-10-12-24-13-11-21)23(27)25-22-9-6-18(2)19(3)14-22/h4-14H,15-16H2,1-3H3,(H,25,27). The summed E-state index contributed by atoms with van der Waals surface area (Å²) in [5.41, 5.74) is 7.23. The molecular weight excluding hydrogens is 350 g/mol. The second-order valence-corrected chi connectivity index (χ2v) is 7.31. The van der Waals surface area contributed by atoms with Crippen LogP contribution in [0, 0.1) is 20.8 Å². The summed E-state index contributed by atoms with van der Waals surface area (Å²) < 4.78 is 0. The van der Waals surface area contributed by atoms with Crippen molar-refractivity contribution in [2.45, 2.75) is 33.9 Å². The van der Waals surface area contributed by atoms with Crippen molar-refractivity contribution in [1.82, 2.24) is 9.88 Å². The molecule has 0 atom stereocenters. The molecule has 2 aromatic carbocycles. The average molecular weight is 376 g/mol. The number of rotatable bonds is 5. The predicted molar refractivity (Wildman–Crippen MR) is 117 cm³/mol. The smallest absolute Gasteiger partial charge is 0.174 e. The van der Waals surface area contributed by atoms with Gasteiger partial charge in [-0.15, -0.1) is 0 Å². The number of hydrogen-bond acceptors (Lipinski definition) is 2. The average Bonchev–Trinajstić information content (AvgIpc) is 2.67. The molecule has 3 aromatic rings. The Hall–Kier alpha value is -2.72. The minimum atomic E-state index is 0.718. The molecule has 0 saturated carbocycles. The van der Waals surface area contributed by atoms with Gasteiger partial charge in [-0.2, -0.15) is 0 Å². The lowest BCUT2D eigenvalue weighted by atomic mass is 10.1. The van der Waals surface area contributed by atoms with E-state index in [9.17, 15) is 0 Å². The number of nitrogens with one attached hydrogen (secondary N) is 1.